The lowest BCUT2D eigenvalue weighted by Crippen LogP contribution is -2.33. The second-order valence-electron chi connectivity index (χ2n) is 2.96. The molecule has 1 aliphatic rings. The van der Waals surface area contributed by atoms with Gasteiger partial charge in [0.2, 0.25) is 5.76 Å². The van der Waals surface area contributed by atoms with Gasteiger partial charge in [-0.25, -0.2) is 9.59 Å². The van der Waals surface area contributed by atoms with E-state index in [1.165, 1.54) is 0 Å². The molecule has 0 aliphatic carbocycles. The Morgan fingerprint density at radius 1 is 1.62 bits per heavy atom. The van der Waals surface area contributed by atoms with E-state index in [2.05, 4.69) is 16.1 Å². The average molecular weight is 230 g/mol. The summed E-state index contributed by atoms with van der Waals surface area (Å²) >= 11 is 0. The lowest BCUT2D eigenvalue weighted by atomic mass is 10.2. The molecule has 0 radical (unpaired) electrons. The van der Waals surface area contributed by atoms with Gasteiger partial charge in [-0.15, -0.1) is 0 Å². The second-order valence-corrected chi connectivity index (χ2v) is 2.96. The van der Waals surface area contributed by atoms with Gasteiger partial charge in [-0.05, 0) is 0 Å². The van der Waals surface area contributed by atoms with E-state index in [1.54, 1.807) is 0 Å². The molecule has 1 heterocycles. The molecule has 7 nitrogen and oxygen atoms in total. The summed E-state index contributed by atoms with van der Waals surface area (Å²) in [5.74, 6) is -3.65. The normalized spacial score (nSPS) is 21.6. The predicted molar refractivity (Wildman–Crippen MR) is 49.3 cm³/mol. The fourth-order valence-corrected chi connectivity index (χ4v) is 1.04. The molecule has 16 heavy (non-hydrogen) atoms. The fourth-order valence-electron chi connectivity index (χ4n) is 1.04. The summed E-state index contributed by atoms with van der Waals surface area (Å²) in [6, 6.07) is 0. The number of cyclic esters (lactones) is 1. The molecule has 2 atom stereocenters. The topological polar surface area (TPSA) is 113 Å². The van der Waals surface area contributed by atoms with Crippen molar-refractivity contribution in [1.29, 1.82) is 0 Å². The van der Waals surface area contributed by atoms with Gasteiger partial charge in [0.05, 0.1) is 0 Å². The van der Waals surface area contributed by atoms with Gasteiger partial charge in [0, 0.05) is 6.08 Å². The van der Waals surface area contributed by atoms with Crippen LogP contribution in [0.25, 0.3) is 0 Å². The number of esters is 2. The van der Waals surface area contributed by atoms with Gasteiger partial charge in [0.15, 0.2) is 11.9 Å². The van der Waals surface area contributed by atoms with E-state index in [0.29, 0.717) is 0 Å². The van der Waals surface area contributed by atoms with Crippen molar-refractivity contribution in [3.05, 3.63) is 24.2 Å². The first-order valence-corrected chi connectivity index (χ1v) is 4.27. The third-order valence-corrected chi connectivity index (χ3v) is 1.85. The molecule has 0 spiro atoms. The van der Waals surface area contributed by atoms with E-state index in [-0.39, 0.29) is 0 Å². The molecular weight excluding hydrogens is 220 g/mol. The van der Waals surface area contributed by atoms with Gasteiger partial charge < -0.3 is 24.8 Å². The van der Waals surface area contributed by atoms with Crippen LogP contribution in [0.5, 0.6) is 0 Å². The maximum atomic E-state index is 10.8. The zero-order chi connectivity index (χ0) is 12.3. The Morgan fingerprint density at radius 2 is 2.25 bits per heavy atom. The molecule has 0 saturated heterocycles. The van der Waals surface area contributed by atoms with Crippen LogP contribution in [0.15, 0.2) is 24.2 Å². The first-order chi connectivity index (χ1) is 7.47. The van der Waals surface area contributed by atoms with Crippen molar-refractivity contribution in [3.8, 4) is 0 Å². The van der Waals surface area contributed by atoms with E-state index >= 15 is 0 Å². The molecule has 88 valence electrons. The van der Waals surface area contributed by atoms with Crippen LogP contribution in [0, 0.1) is 0 Å². The Balaban J connectivity index is 2.57. The van der Waals surface area contributed by atoms with Crippen LogP contribution >= 0.6 is 0 Å². The van der Waals surface area contributed by atoms with Crippen molar-refractivity contribution in [2.45, 2.75) is 12.2 Å². The highest BCUT2D eigenvalue weighted by molar-refractivity contribution is 5.89. The zero-order valence-corrected chi connectivity index (χ0v) is 8.12. The van der Waals surface area contributed by atoms with Crippen LogP contribution in [0.4, 0.5) is 0 Å². The van der Waals surface area contributed by atoms with Crippen molar-refractivity contribution in [1.82, 2.24) is 0 Å². The van der Waals surface area contributed by atoms with Gasteiger partial charge in [0.25, 0.3) is 0 Å². The molecule has 0 aromatic rings. The van der Waals surface area contributed by atoms with Crippen LogP contribution in [-0.2, 0) is 19.1 Å². The summed E-state index contributed by atoms with van der Waals surface area (Å²) in [5, 5.41) is 27.5. The summed E-state index contributed by atoms with van der Waals surface area (Å²) < 4.78 is 8.90. The maximum absolute atomic E-state index is 10.8. The van der Waals surface area contributed by atoms with E-state index in [9.17, 15) is 19.8 Å². The Hall–Kier alpha value is -2.02. The molecule has 1 rings (SSSR count). The van der Waals surface area contributed by atoms with Gasteiger partial charge in [-0.2, -0.15) is 0 Å². The van der Waals surface area contributed by atoms with Gasteiger partial charge in [-0.3, -0.25) is 0 Å². The molecule has 0 bridgehead atoms. The van der Waals surface area contributed by atoms with Crippen molar-refractivity contribution < 1.29 is 34.4 Å². The zero-order valence-electron chi connectivity index (χ0n) is 8.12. The highest BCUT2D eigenvalue weighted by Crippen LogP contribution is 2.21. The molecule has 0 fully saturated rings. The third kappa shape index (κ3) is 2.31. The fraction of sp³-hybridized carbons (Fsp3) is 0.333. The van der Waals surface area contributed by atoms with Crippen LogP contribution in [0.2, 0.25) is 0 Å². The van der Waals surface area contributed by atoms with Crippen LogP contribution in [-0.4, -0.2) is 46.1 Å². The maximum Gasteiger partial charge on any atom is 0.377 e. The van der Waals surface area contributed by atoms with Crippen LogP contribution < -0.4 is 0 Å². The number of hydrogen-bond donors (Lipinski definition) is 3. The van der Waals surface area contributed by atoms with E-state index in [0.717, 1.165) is 6.08 Å². The summed E-state index contributed by atoms with van der Waals surface area (Å²) in [5.41, 5.74) is 0. The first kappa shape index (κ1) is 12.1. The largest absolute Gasteiger partial charge is 0.505 e. The van der Waals surface area contributed by atoms with Crippen molar-refractivity contribution in [2.75, 3.05) is 6.61 Å². The smallest absolute Gasteiger partial charge is 0.377 e. The molecule has 3 N–H and O–H groups in total. The number of carbonyl (C=O) groups is 2. The molecular formula is C9H10O7. The SMILES string of the molecule is C=CC(=O)OCC(O)C1OC(=O)C(O)=C1O. The number of ether oxygens (including phenoxy) is 2. The van der Waals surface area contributed by atoms with Crippen molar-refractivity contribution >= 4 is 11.9 Å². The van der Waals surface area contributed by atoms with Crippen molar-refractivity contribution in [3.63, 3.8) is 0 Å². The van der Waals surface area contributed by atoms with Gasteiger partial charge >= 0.3 is 11.9 Å². The van der Waals surface area contributed by atoms with Gasteiger partial charge in [0.1, 0.15) is 12.7 Å². The second kappa shape index (κ2) is 4.67. The molecule has 0 saturated carbocycles. The number of aliphatic hydroxyl groups is 3. The molecule has 0 amide bonds. The Bertz CT molecular complexity index is 357. The summed E-state index contributed by atoms with van der Waals surface area (Å²) in [6.07, 6.45) is -2.00. The number of hydrogen-bond acceptors (Lipinski definition) is 7. The molecule has 2 unspecified atom stereocenters. The van der Waals surface area contributed by atoms with E-state index in [1.807, 2.05) is 0 Å². The van der Waals surface area contributed by atoms with Crippen LogP contribution in [0.3, 0.4) is 0 Å². The van der Waals surface area contributed by atoms with Gasteiger partial charge in [-0.1, -0.05) is 6.58 Å². The summed E-state index contributed by atoms with van der Waals surface area (Å²) in [7, 11) is 0. The predicted octanol–water partition coefficient (Wildman–Crippen LogP) is -0.670. The van der Waals surface area contributed by atoms with Crippen molar-refractivity contribution in [2.24, 2.45) is 0 Å². The first-order valence-electron chi connectivity index (χ1n) is 4.27. The molecule has 0 aromatic heterocycles. The summed E-state index contributed by atoms with van der Waals surface area (Å²) in [6.45, 7) is 2.64. The quantitative estimate of drug-likeness (QED) is 0.433. The lowest BCUT2D eigenvalue weighted by molar-refractivity contribution is -0.151. The number of rotatable bonds is 4. The lowest BCUT2D eigenvalue weighted by Gasteiger charge is -2.16. The van der Waals surface area contributed by atoms with E-state index < -0.39 is 42.3 Å². The average Bonchev–Trinajstić information content (AvgIpc) is 2.53. The minimum Gasteiger partial charge on any atom is -0.505 e. The minimum absolute atomic E-state index is 0.500. The number of aliphatic hydroxyl groups excluding tert-OH is 3. The Morgan fingerprint density at radius 3 is 2.69 bits per heavy atom. The van der Waals surface area contributed by atoms with Crippen LogP contribution in [0.1, 0.15) is 0 Å². The molecule has 7 heteroatoms. The highest BCUT2D eigenvalue weighted by atomic mass is 16.6. The highest BCUT2D eigenvalue weighted by Gasteiger charge is 2.39. The molecule has 0 aromatic carbocycles. The number of carbonyl (C=O) groups excluding carboxylic acids is 2. The minimum atomic E-state index is -1.46. The molecule has 1 aliphatic heterocycles. The van der Waals surface area contributed by atoms with E-state index in [4.69, 9.17) is 5.11 Å². The third-order valence-electron chi connectivity index (χ3n) is 1.85. The monoisotopic (exact) mass is 230 g/mol. The summed E-state index contributed by atoms with van der Waals surface area (Å²) in [4.78, 5) is 21.4. The standard InChI is InChI=1S/C9H10O7/c1-2-5(11)15-3-4(10)8-6(12)7(13)9(14)16-8/h2,4,8,10,12-13H,1,3H2. The Kier molecular flexibility index (Phi) is 3.51. The Labute approximate surface area is 90.2 Å².